The van der Waals surface area contributed by atoms with Crippen LogP contribution in [-0.4, -0.2) is 32.1 Å². The summed E-state index contributed by atoms with van der Waals surface area (Å²) in [4.78, 5) is 11.4. The summed E-state index contributed by atoms with van der Waals surface area (Å²) in [6.07, 6.45) is -0.596. The molecule has 0 aliphatic carbocycles. The Balaban J connectivity index is 1.82. The van der Waals surface area contributed by atoms with Crippen LogP contribution in [0.25, 0.3) is 11.1 Å². The van der Waals surface area contributed by atoms with Crippen LogP contribution in [-0.2, 0) is 14.8 Å². The highest BCUT2D eigenvalue weighted by atomic mass is 32.2. The Bertz CT molecular complexity index is 1340. The van der Waals surface area contributed by atoms with Gasteiger partial charge in [-0.2, -0.15) is 0 Å². The molecule has 3 aromatic carbocycles. The van der Waals surface area contributed by atoms with Crippen molar-refractivity contribution in [3.05, 3.63) is 77.9 Å². The van der Waals surface area contributed by atoms with E-state index < -0.39 is 39.6 Å². The molecule has 0 saturated heterocycles. The molecule has 9 heteroatoms. The third kappa shape index (κ3) is 4.75. The smallest absolute Gasteiger partial charge is 0.306 e. The Morgan fingerprint density at radius 2 is 1.79 bits per heavy atom. The molecule has 0 radical (unpaired) electrons. The Morgan fingerprint density at radius 3 is 2.44 bits per heavy atom. The van der Waals surface area contributed by atoms with Crippen LogP contribution >= 0.6 is 0 Å². The molecule has 0 spiro atoms. The zero-order valence-electron chi connectivity index (χ0n) is 18.5. The van der Waals surface area contributed by atoms with Gasteiger partial charge in [-0.05, 0) is 66.4 Å². The highest BCUT2D eigenvalue weighted by molar-refractivity contribution is 7.92. The van der Waals surface area contributed by atoms with Gasteiger partial charge in [-0.25, -0.2) is 17.2 Å². The maximum atomic E-state index is 13.8. The number of hydrogen-bond acceptors (Lipinski definition) is 4. The first kappa shape index (κ1) is 23.7. The van der Waals surface area contributed by atoms with E-state index in [0.29, 0.717) is 5.56 Å². The van der Waals surface area contributed by atoms with E-state index in [0.717, 1.165) is 23.8 Å². The second-order valence-electron chi connectivity index (χ2n) is 8.41. The molecule has 0 bridgehead atoms. The number of aryl methyl sites for hydroxylation is 1. The maximum Gasteiger partial charge on any atom is 0.306 e. The van der Waals surface area contributed by atoms with Crippen molar-refractivity contribution in [2.75, 3.05) is 10.8 Å². The first-order valence-corrected chi connectivity index (χ1v) is 12.1. The van der Waals surface area contributed by atoms with Crippen molar-refractivity contribution < 1.29 is 31.8 Å². The third-order valence-corrected chi connectivity index (χ3v) is 7.48. The molecule has 0 aromatic heterocycles. The molecule has 0 unspecified atom stereocenters. The number of sulfonamides is 1. The number of carbonyl (C=O) groups is 1. The van der Waals surface area contributed by atoms with Crippen molar-refractivity contribution in [2.45, 2.75) is 31.3 Å². The number of benzene rings is 3. The zero-order chi connectivity index (χ0) is 24.6. The van der Waals surface area contributed by atoms with Gasteiger partial charge >= 0.3 is 5.97 Å². The summed E-state index contributed by atoms with van der Waals surface area (Å²) in [6.45, 7) is 3.20. The molecular formula is C25H23F2NO5S. The van der Waals surface area contributed by atoms with Crippen LogP contribution in [0.15, 0.2) is 65.6 Å². The molecule has 1 heterocycles. The molecule has 1 aliphatic rings. The lowest BCUT2D eigenvalue weighted by atomic mass is 10.0. The summed E-state index contributed by atoms with van der Waals surface area (Å²) in [5.74, 6) is -3.02. The third-order valence-electron chi connectivity index (χ3n) is 5.70. The van der Waals surface area contributed by atoms with Gasteiger partial charge in [0.25, 0.3) is 10.0 Å². The summed E-state index contributed by atoms with van der Waals surface area (Å²) in [5, 5.41) is 9.30. The predicted octanol–water partition coefficient (Wildman–Crippen LogP) is 5.01. The van der Waals surface area contributed by atoms with Crippen molar-refractivity contribution in [3.63, 3.8) is 0 Å². The van der Waals surface area contributed by atoms with Crippen molar-refractivity contribution >= 4 is 21.7 Å². The largest absolute Gasteiger partial charge is 0.486 e. The Morgan fingerprint density at radius 1 is 1.09 bits per heavy atom. The van der Waals surface area contributed by atoms with Gasteiger partial charge in [0.1, 0.15) is 23.5 Å². The van der Waals surface area contributed by atoms with Crippen LogP contribution in [0.1, 0.15) is 18.9 Å². The molecule has 2 atom stereocenters. The number of anilines is 1. The summed E-state index contributed by atoms with van der Waals surface area (Å²) in [5.41, 5.74) is 1.62. The van der Waals surface area contributed by atoms with E-state index in [1.807, 2.05) is 0 Å². The predicted molar refractivity (Wildman–Crippen MR) is 123 cm³/mol. The SMILES string of the molecule is Cc1cccc(S(=O)(=O)N2C[C@H](C[C@H](C)C(=O)O)Oc3ccc(-c4cc(F)cc(F)c4)cc32)c1. The molecule has 6 nitrogen and oxygen atoms in total. The lowest BCUT2D eigenvalue weighted by molar-refractivity contribution is -0.142. The van der Waals surface area contributed by atoms with Gasteiger partial charge in [-0.15, -0.1) is 0 Å². The Hall–Kier alpha value is -3.46. The minimum absolute atomic E-state index is 0.0765. The summed E-state index contributed by atoms with van der Waals surface area (Å²) in [7, 11) is -4.04. The van der Waals surface area contributed by atoms with E-state index in [4.69, 9.17) is 4.74 Å². The van der Waals surface area contributed by atoms with Crippen LogP contribution in [0.2, 0.25) is 0 Å². The number of carboxylic acids is 1. The number of ether oxygens (including phenoxy) is 1. The zero-order valence-corrected chi connectivity index (χ0v) is 19.4. The number of halogens is 2. The fourth-order valence-electron chi connectivity index (χ4n) is 3.96. The van der Waals surface area contributed by atoms with Gasteiger partial charge in [-0.3, -0.25) is 9.10 Å². The number of aliphatic carboxylic acids is 1. The average molecular weight is 488 g/mol. The van der Waals surface area contributed by atoms with E-state index in [1.54, 1.807) is 31.2 Å². The number of carboxylic acid groups (broad SMARTS) is 1. The molecular weight excluding hydrogens is 464 g/mol. The minimum atomic E-state index is -4.04. The highest BCUT2D eigenvalue weighted by Crippen LogP contribution is 2.41. The molecule has 0 fully saturated rings. The lowest BCUT2D eigenvalue weighted by Gasteiger charge is -2.36. The monoisotopic (exact) mass is 487 g/mol. The van der Waals surface area contributed by atoms with Crippen LogP contribution < -0.4 is 9.04 Å². The fourth-order valence-corrected chi connectivity index (χ4v) is 5.56. The normalized spacial score (nSPS) is 16.5. The Labute approximate surface area is 196 Å². The summed E-state index contributed by atoms with van der Waals surface area (Å²) in [6, 6.07) is 14.1. The number of nitrogens with zero attached hydrogens (tertiary/aromatic N) is 1. The van der Waals surface area contributed by atoms with Gasteiger partial charge in [-0.1, -0.05) is 25.1 Å². The van der Waals surface area contributed by atoms with E-state index in [2.05, 4.69) is 0 Å². The van der Waals surface area contributed by atoms with Gasteiger partial charge in [0.2, 0.25) is 0 Å². The number of hydrogen-bond donors (Lipinski definition) is 1. The highest BCUT2D eigenvalue weighted by Gasteiger charge is 2.36. The van der Waals surface area contributed by atoms with Crippen molar-refractivity contribution in [1.29, 1.82) is 0 Å². The number of rotatable bonds is 6. The standard InChI is InChI=1S/C25H23F2NO5S/c1-15-4-3-5-22(8-15)34(31,32)28-14-21(9-16(2)25(29)30)33-24-7-6-17(12-23(24)28)18-10-19(26)13-20(27)11-18/h3-8,10-13,16,21H,9,14H2,1-2H3,(H,29,30)/t16-,21-/m0/s1. The maximum absolute atomic E-state index is 13.8. The van der Waals surface area contributed by atoms with Crippen molar-refractivity contribution in [3.8, 4) is 16.9 Å². The van der Waals surface area contributed by atoms with Gasteiger partial charge in [0, 0.05) is 6.07 Å². The van der Waals surface area contributed by atoms with E-state index in [9.17, 15) is 27.1 Å². The fraction of sp³-hybridized carbons (Fsp3) is 0.240. The van der Waals surface area contributed by atoms with Crippen LogP contribution in [0.5, 0.6) is 5.75 Å². The lowest BCUT2D eigenvalue weighted by Crippen LogP contribution is -2.44. The van der Waals surface area contributed by atoms with E-state index in [-0.39, 0.29) is 34.9 Å². The second-order valence-corrected chi connectivity index (χ2v) is 10.3. The summed E-state index contributed by atoms with van der Waals surface area (Å²) < 4.78 is 62.0. The molecule has 1 N–H and O–H groups in total. The molecule has 1 aliphatic heterocycles. The molecule has 0 saturated carbocycles. The number of fused-ring (bicyclic) bond motifs is 1. The minimum Gasteiger partial charge on any atom is -0.486 e. The Kier molecular flexibility index (Phi) is 6.31. The molecule has 3 aromatic rings. The van der Waals surface area contributed by atoms with E-state index in [1.165, 1.54) is 29.4 Å². The van der Waals surface area contributed by atoms with Crippen LogP contribution in [0.4, 0.5) is 14.5 Å². The molecule has 34 heavy (non-hydrogen) atoms. The second kappa shape index (κ2) is 9.06. The van der Waals surface area contributed by atoms with Crippen molar-refractivity contribution in [1.82, 2.24) is 0 Å². The first-order valence-electron chi connectivity index (χ1n) is 10.6. The van der Waals surface area contributed by atoms with Crippen LogP contribution in [0, 0.1) is 24.5 Å². The summed E-state index contributed by atoms with van der Waals surface area (Å²) >= 11 is 0. The van der Waals surface area contributed by atoms with Crippen molar-refractivity contribution in [2.24, 2.45) is 5.92 Å². The van der Waals surface area contributed by atoms with Gasteiger partial charge in [0.15, 0.2) is 0 Å². The van der Waals surface area contributed by atoms with E-state index >= 15 is 0 Å². The molecule has 178 valence electrons. The topological polar surface area (TPSA) is 83.9 Å². The average Bonchev–Trinajstić information content (AvgIpc) is 2.77. The first-order chi connectivity index (χ1) is 16.0. The van der Waals surface area contributed by atoms with Gasteiger partial charge < -0.3 is 9.84 Å². The molecule has 4 rings (SSSR count). The molecule has 0 amide bonds. The van der Waals surface area contributed by atoms with Crippen LogP contribution in [0.3, 0.4) is 0 Å². The van der Waals surface area contributed by atoms with Gasteiger partial charge in [0.05, 0.1) is 23.0 Å². The quantitative estimate of drug-likeness (QED) is 0.529.